The van der Waals surface area contributed by atoms with Gasteiger partial charge in [0, 0.05) is 23.9 Å². The molecule has 0 saturated carbocycles. The fourth-order valence-electron chi connectivity index (χ4n) is 1.36. The summed E-state index contributed by atoms with van der Waals surface area (Å²) in [5, 5.41) is 7.14. The molecule has 1 heterocycles. The van der Waals surface area contributed by atoms with Gasteiger partial charge in [0.1, 0.15) is 0 Å². The van der Waals surface area contributed by atoms with Crippen LogP contribution in [0.2, 0.25) is 0 Å². The monoisotopic (exact) mass is 242 g/mol. The zero-order valence-electron chi connectivity index (χ0n) is 9.64. The number of carbonyl (C=O) groups excluding carboxylic acids is 1. The minimum Gasteiger partial charge on any atom is -0.368 e. The molecule has 16 heavy (non-hydrogen) atoms. The van der Waals surface area contributed by atoms with Crippen molar-refractivity contribution in [3.8, 4) is 0 Å². The molecule has 1 aromatic rings. The number of carbonyl (C=O) groups is 1. The Bertz CT molecular complexity index is 339. The highest BCUT2D eigenvalue weighted by atomic mass is 32.2. The van der Waals surface area contributed by atoms with E-state index in [0.29, 0.717) is 0 Å². The molecule has 0 aromatic carbocycles. The van der Waals surface area contributed by atoms with E-state index in [1.807, 2.05) is 26.4 Å². The Labute approximate surface area is 99.8 Å². The zero-order valence-corrected chi connectivity index (χ0v) is 10.5. The van der Waals surface area contributed by atoms with Crippen LogP contribution in [0.25, 0.3) is 0 Å². The molecule has 1 unspecified atom stereocenters. The number of nitrogens with two attached hydrogens (primary N) is 1. The summed E-state index contributed by atoms with van der Waals surface area (Å²) >= 11 is 1.68. The molecule has 3 N–H and O–H groups in total. The maximum atomic E-state index is 11.1. The Hall–Kier alpha value is -1.01. The first-order chi connectivity index (χ1) is 7.63. The number of nitrogens with one attached hydrogen (secondary N) is 1. The second-order valence-electron chi connectivity index (χ2n) is 3.50. The van der Waals surface area contributed by atoms with Crippen molar-refractivity contribution in [2.24, 2.45) is 12.8 Å². The zero-order chi connectivity index (χ0) is 12.0. The van der Waals surface area contributed by atoms with E-state index in [9.17, 15) is 4.79 Å². The lowest BCUT2D eigenvalue weighted by molar-refractivity contribution is -0.120. The molecule has 0 spiro atoms. The Morgan fingerprint density at radius 2 is 2.50 bits per heavy atom. The van der Waals surface area contributed by atoms with Crippen LogP contribution in [0.5, 0.6) is 0 Å². The molecule has 1 rings (SSSR count). The molecule has 6 heteroatoms. The summed E-state index contributed by atoms with van der Waals surface area (Å²) in [5.74, 6) is 0.570. The van der Waals surface area contributed by atoms with Crippen molar-refractivity contribution in [2.45, 2.75) is 24.3 Å². The highest BCUT2D eigenvalue weighted by Crippen LogP contribution is 2.17. The summed E-state index contributed by atoms with van der Waals surface area (Å²) in [4.78, 5) is 12.2. The fraction of sp³-hybridized carbons (Fsp3) is 0.600. The number of aryl methyl sites for hydroxylation is 1. The molecule has 0 fully saturated rings. The van der Waals surface area contributed by atoms with Gasteiger partial charge in [-0.2, -0.15) is 5.10 Å². The minimum absolute atomic E-state index is 0.228. The summed E-state index contributed by atoms with van der Waals surface area (Å²) < 4.78 is 1.76. The van der Waals surface area contributed by atoms with Crippen LogP contribution in [0, 0.1) is 0 Å². The van der Waals surface area contributed by atoms with E-state index in [2.05, 4.69) is 10.4 Å². The van der Waals surface area contributed by atoms with Crippen molar-refractivity contribution < 1.29 is 4.79 Å². The molecule has 0 aliphatic carbocycles. The van der Waals surface area contributed by atoms with E-state index in [0.717, 1.165) is 23.6 Å². The van der Waals surface area contributed by atoms with Gasteiger partial charge in [-0.05, 0) is 13.0 Å². The van der Waals surface area contributed by atoms with Crippen LogP contribution >= 0.6 is 11.8 Å². The molecule has 0 radical (unpaired) electrons. The number of thioether (sulfide) groups is 1. The predicted molar refractivity (Wildman–Crippen MR) is 65.2 cm³/mol. The Morgan fingerprint density at radius 3 is 3.00 bits per heavy atom. The standard InChI is InChI=1S/C10H18N4OS/c1-3-12-9(10(11)15)4-5-16-8-6-13-14(2)7-8/h6-7,9,12H,3-5H2,1-2H3,(H2,11,15). The maximum Gasteiger partial charge on any atom is 0.234 e. The number of likely N-dealkylation sites (N-methyl/N-ethyl adjacent to an activating group) is 1. The molecule has 90 valence electrons. The van der Waals surface area contributed by atoms with Gasteiger partial charge in [-0.3, -0.25) is 9.48 Å². The first kappa shape index (κ1) is 13.1. The number of hydrogen-bond donors (Lipinski definition) is 2. The predicted octanol–water partition coefficient (Wildman–Crippen LogP) is 0.366. The smallest absolute Gasteiger partial charge is 0.234 e. The molecule has 0 saturated heterocycles. The third-order valence-electron chi connectivity index (χ3n) is 2.15. The van der Waals surface area contributed by atoms with Crippen molar-refractivity contribution in [1.29, 1.82) is 0 Å². The molecule has 0 bridgehead atoms. The number of hydrogen-bond acceptors (Lipinski definition) is 4. The third-order valence-corrected chi connectivity index (χ3v) is 3.13. The molecule has 5 nitrogen and oxygen atoms in total. The van der Waals surface area contributed by atoms with Gasteiger partial charge in [0.15, 0.2) is 0 Å². The first-order valence-electron chi connectivity index (χ1n) is 5.27. The Kier molecular flexibility index (Phi) is 5.34. The van der Waals surface area contributed by atoms with E-state index in [4.69, 9.17) is 5.73 Å². The number of nitrogens with zero attached hydrogens (tertiary/aromatic N) is 2. The van der Waals surface area contributed by atoms with E-state index < -0.39 is 0 Å². The summed E-state index contributed by atoms with van der Waals surface area (Å²) in [5.41, 5.74) is 5.28. The molecular weight excluding hydrogens is 224 g/mol. The highest BCUT2D eigenvalue weighted by molar-refractivity contribution is 7.99. The molecule has 1 atom stereocenters. The van der Waals surface area contributed by atoms with E-state index >= 15 is 0 Å². The lowest BCUT2D eigenvalue weighted by Crippen LogP contribution is -2.41. The first-order valence-corrected chi connectivity index (χ1v) is 6.26. The van der Waals surface area contributed by atoms with Gasteiger partial charge in [-0.25, -0.2) is 0 Å². The largest absolute Gasteiger partial charge is 0.368 e. The molecule has 1 amide bonds. The van der Waals surface area contributed by atoms with Gasteiger partial charge in [0.25, 0.3) is 0 Å². The van der Waals surface area contributed by atoms with Gasteiger partial charge in [-0.1, -0.05) is 6.92 Å². The lowest BCUT2D eigenvalue weighted by Gasteiger charge is -2.12. The average Bonchev–Trinajstić information content (AvgIpc) is 2.63. The van der Waals surface area contributed by atoms with Crippen LogP contribution in [0.3, 0.4) is 0 Å². The fourth-order valence-corrected chi connectivity index (χ4v) is 2.30. The van der Waals surface area contributed by atoms with Crippen molar-refractivity contribution in [1.82, 2.24) is 15.1 Å². The number of aromatic nitrogens is 2. The van der Waals surface area contributed by atoms with Gasteiger partial charge in [0.2, 0.25) is 5.91 Å². The van der Waals surface area contributed by atoms with Gasteiger partial charge in [0.05, 0.1) is 12.2 Å². The topological polar surface area (TPSA) is 72.9 Å². The van der Waals surface area contributed by atoms with Crippen LogP contribution in [0.4, 0.5) is 0 Å². The molecule has 0 aliphatic rings. The second kappa shape index (κ2) is 6.55. The van der Waals surface area contributed by atoms with Crippen molar-refractivity contribution in [3.63, 3.8) is 0 Å². The molecule has 0 aliphatic heterocycles. The summed E-state index contributed by atoms with van der Waals surface area (Å²) in [7, 11) is 1.88. The van der Waals surface area contributed by atoms with Crippen molar-refractivity contribution >= 4 is 17.7 Å². The minimum atomic E-state index is -0.284. The second-order valence-corrected chi connectivity index (χ2v) is 4.67. The quantitative estimate of drug-likeness (QED) is 0.677. The summed E-state index contributed by atoms with van der Waals surface area (Å²) in [6, 6.07) is -0.228. The van der Waals surface area contributed by atoms with Crippen molar-refractivity contribution in [3.05, 3.63) is 12.4 Å². The van der Waals surface area contributed by atoms with Crippen LogP contribution < -0.4 is 11.1 Å². The lowest BCUT2D eigenvalue weighted by atomic mass is 10.2. The number of amides is 1. The van der Waals surface area contributed by atoms with Crippen LogP contribution in [-0.4, -0.2) is 34.0 Å². The van der Waals surface area contributed by atoms with E-state index in [1.165, 1.54) is 0 Å². The average molecular weight is 242 g/mol. The van der Waals surface area contributed by atoms with Crippen LogP contribution in [0.15, 0.2) is 17.3 Å². The highest BCUT2D eigenvalue weighted by Gasteiger charge is 2.13. The van der Waals surface area contributed by atoms with E-state index in [1.54, 1.807) is 16.4 Å². The molecular formula is C10H18N4OS. The van der Waals surface area contributed by atoms with E-state index in [-0.39, 0.29) is 11.9 Å². The number of primary amides is 1. The Balaban J connectivity index is 2.30. The van der Waals surface area contributed by atoms with Crippen LogP contribution in [0.1, 0.15) is 13.3 Å². The van der Waals surface area contributed by atoms with Gasteiger partial charge in [-0.15, -0.1) is 11.8 Å². The summed E-state index contributed by atoms with van der Waals surface area (Å²) in [6.45, 7) is 2.72. The SMILES string of the molecule is CCNC(CCSc1cnn(C)c1)C(N)=O. The normalized spacial score (nSPS) is 12.6. The van der Waals surface area contributed by atoms with Crippen molar-refractivity contribution in [2.75, 3.05) is 12.3 Å². The third kappa shape index (κ3) is 4.24. The Morgan fingerprint density at radius 1 is 1.75 bits per heavy atom. The number of rotatable bonds is 7. The van der Waals surface area contributed by atoms with Crippen LogP contribution in [-0.2, 0) is 11.8 Å². The molecule has 1 aromatic heterocycles. The summed E-state index contributed by atoms with van der Waals surface area (Å²) in [6.07, 6.45) is 4.51. The van der Waals surface area contributed by atoms with Gasteiger partial charge >= 0.3 is 0 Å². The van der Waals surface area contributed by atoms with Gasteiger partial charge < -0.3 is 11.1 Å². The maximum absolute atomic E-state index is 11.1.